The number of hydrogen-bond donors (Lipinski definition) is 3. The number of aryl methyl sites for hydroxylation is 2. The molecule has 0 aliphatic rings. The fourth-order valence-corrected chi connectivity index (χ4v) is 4.79. The third-order valence-electron chi connectivity index (χ3n) is 6.20. The first-order chi connectivity index (χ1) is 18.2. The molecule has 0 aliphatic heterocycles. The molecule has 38 heavy (non-hydrogen) atoms. The maximum Gasteiger partial charge on any atom is 0.273 e. The van der Waals surface area contributed by atoms with E-state index >= 15 is 0 Å². The van der Waals surface area contributed by atoms with Gasteiger partial charge in [0.1, 0.15) is 10.9 Å². The predicted octanol–water partition coefficient (Wildman–Crippen LogP) is 3.14. The fraction of sp³-hybridized carbons (Fsp3) is 0.222. The van der Waals surface area contributed by atoms with Gasteiger partial charge in [0.2, 0.25) is 5.91 Å². The topological polar surface area (TPSA) is 154 Å². The van der Waals surface area contributed by atoms with Gasteiger partial charge in [0, 0.05) is 30.9 Å². The third kappa shape index (κ3) is 5.34. The van der Waals surface area contributed by atoms with Crippen LogP contribution in [0.2, 0.25) is 0 Å². The van der Waals surface area contributed by atoms with E-state index in [1.54, 1.807) is 30.5 Å². The minimum absolute atomic E-state index is 0.00850. The minimum Gasteiger partial charge on any atom is -0.395 e. The number of nitrogens with zero attached hydrogens (tertiary/aromatic N) is 3. The van der Waals surface area contributed by atoms with Crippen molar-refractivity contribution in [3.63, 3.8) is 0 Å². The average Bonchev–Trinajstić information content (AvgIpc) is 3.30. The number of primary amides is 1. The van der Waals surface area contributed by atoms with Crippen molar-refractivity contribution in [1.82, 2.24) is 14.7 Å². The van der Waals surface area contributed by atoms with Gasteiger partial charge in [0.05, 0.1) is 17.8 Å². The van der Waals surface area contributed by atoms with Crippen LogP contribution < -0.4 is 21.7 Å². The number of benzene rings is 2. The Morgan fingerprint density at radius 1 is 1.11 bits per heavy atom. The first-order valence-electron chi connectivity index (χ1n) is 11.8. The van der Waals surface area contributed by atoms with Gasteiger partial charge in [-0.05, 0) is 72.4 Å². The zero-order chi connectivity index (χ0) is 27.4. The van der Waals surface area contributed by atoms with Crippen molar-refractivity contribution in [2.75, 3.05) is 30.9 Å². The summed E-state index contributed by atoms with van der Waals surface area (Å²) in [7, 11) is 1.54. The second-order valence-electron chi connectivity index (χ2n) is 8.72. The van der Waals surface area contributed by atoms with Crippen molar-refractivity contribution in [3.05, 3.63) is 82.0 Å². The number of amides is 3. The smallest absolute Gasteiger partial charge is 0.273 e. The number of nitrogens with two attached hydrogens (primary N) is 2. The maximum atomic E-state index is 14.2. The first-order valence-corrected chi connectivity index (χ1v) is 12.6. The molecule has 5 N–H and O–H groups in total. The van der Waals surface area contributed by atoms with Gasteiger partial charge in [-0.2, -0.15) is 4.37 Å². The lowest BCUT2D eigenvalue weighted by Gasteiger charge is -2.32. The van der Waals surface area contributed by atoms with Gasteiger partial charge in [0.15, 0.2) is 5.69 Å². The second-order valence-corrected chi connectivity index (χ2v) is 9.50. The zero-order valence-electron chi connectivity index (χ0n) is 21.2. The lowest BCUT2D eigenvalue weighted by atomic mass is 9.99. The fourth-order valence-electron chi connectivity index (χ4n) is 4.05. The summed E-state index contributed by atoms with van der Waals surface area (Å²) < 4.78 is 9.09. The molecular weight excluding hydrogens is 504 g/mol. The van der Waals surface area contributed by atoms with E-state index in [1.165, 1.54) is 12.0 Å². The number of carbonyl (C=O) groups excluding carboxylic acids is 3. The molecule has 2 heterocycles. The summed E-state index contributed by atoms with van der Waals surface area (Å²) in [5.41, 5.74) is 15.0. The Balaban J connectivity index is 1.92. The molecule has 0 aliphatic carbocycles. The van der Waals surface area contributed by atoms with Crippen molar-refractivity contribution in [1.29, 1.82) is 0 Å². The Hall–Kier alpha value is -4.35. The number of nitrogens with one attached hydrogen (secondary N) is 1. The van der Waals surface area contributed by atoms with Gasteiger partial charge in [-0.1, -0.05) is 18.2 Å². The van der Waals surface area contributed by atoms with Crippen molar-refractivity contribution >= 4 is 51.5 Å². The molecule has 4 aromatic rings. The van der Waals surface area contributed by atoms with E-state index in [-0.39, 0.29) is 22.8 Å². The molecule has 1 unspecified atom stereocenters. The number of fused-ring (bicyclic) bond motifs is 1. The van der Waals surface area contributed by atoms with Gasteiger partial charge >= 0.3 is 0 Å². The Labute approximate surface area is 223 Å². The third-order valence-corrected chi connectivity index (χ3v) is 7.05. The van der Waals surface area contributed by atoms with Crippen molar-refractivity contribution in [3.8, 4) is 0 Å². The predicted molar refractivity (Wildman–Crippen MR) is 147 cm³/mol. The molecule has 4 rings (SSSR count). The highest BCUT2D eigenvalue weighted by Crippen LogP contribution is 2.34. The van der Waals surface area contributed by atoms with Crippen LogP contribution in [0.15, 0.2) is 54.7 Å². The van der Waals surface area contributed by atoms with E-state index in [1.807, 2.05) is 38.1 Å². The number of hydrogen-bond acceptors (Lipinski definition) is 8. The molecule has 0 saturated carbocycles. The monoisotopic (exact) mass is 532 g/mol. The van der Waals surface area contributed by atoms with Crippen LogP contribution >= 0.6 is 11.5 Å². The number of rotatable bonds is 9. The molecule has 0 spiro atoms. The van der Waals surface area contributed by atoms with Gasteiger partial charge in [-0.3, -0.25) is 24.3 Å². The van der Waals surface area contributed by atoms with Crippen LogP contribution in [0.3, 0.4) is 0 Å². The maximum absolute atomic E-state index is 14.2. The summed E-state index contributed by atoms with van der Waals surface area (Å²) in [6, 6.07) is 13.5. The number of methoxy groups -OCH3 is 1. The molecule has 2 aromatic carbocycles. The average molecular weight is 533 g/mol. The lowest BCUT2D eigenvalue weighted by Crippen LogP contribution is -2.44. The minimum atomic E-state index is -1.09. The van der Waals surface area contributed by atoms with Crippen LogP contribution in [-0.2, 0) is 9.53 Å². The van der Waals surface area contributed by atoms with E-state index in [4.69, 9.17) is 16.2 Å². The van der Waals surface area contributed by atoms with E-state index in [0.29, 0.717) is 17.9 Å². The SMILES string of the molecule is COCCNC(=O)C(c1ccc2ncccc2c1)N(C(=O)c1snc(C(N)=O)c1N)c1ccc(C)c(C)c1. The number of anilines is 2. The van der Waals surface area contributed by atoms with E-state index in [2.05, 4.69) is 14.7 Å². The number of ether oxygens (including phenoxy) is 1. The molecule has 196 valence electrons. The summed E-state index contributed by atoms with van der Waals surface area (Å²) in [6.07, 6.45) is 1.69. The summed E-state index contributed by atoms with van der Waals surface area (Å²) in [6.45, 7) is 4.41. The van der Waals surface area contributed by atoms with Crippen molar-refractivity contribution < 1.29 is 19.1 Å². The highest BCUT2D eigenvalue weighted by Gasteiger charge is 2.36. The molecule has 0 radical (unpaired) electrons. The highest BCUT2D eigenvalue weighted by molar-refractivity contribution is 7.09. The molecule has 1 atom stereocenters. The van der Waals surface area contributed by atoms with E-state index < -0.39 is 23.8 Å². The van der Waals surface area contributed by atoms with Crippen LogP contribution in [0.5, 0.6) is 0 Å². The molecule has 3 amide bonds. The molecule has 11 heteroatoms. The summed E-state index contributed by atoms with van der Waals surface area (Å²) in [5, 5.41) is 3.67. The number of nitrogen functional groups attached to an aromatic ring is 1. The standard InChI is InChI=1S/C27H28N6O4S/c1-15-6-8-19(13-16(15)2)33(27(36)24-21(28)22(25(29)34)32-38-24)23(26(35)31-11-12-37-3)18-7-9-20-17(14-18)5-4-10-30-20/h4-10,13-14,23H,11-12,28H2,1-3H3,(H2,29,34)(H,31,35). The Kier molecular flexibility index (Phi) is 7.99. The normalized spacial score (nSPS) is 11.8. The van der Waals surface area contributed by atoms with Gasteiger partial charge < -0.3 is 21.5 Å². The quantitative estimate of drug-likeness (QED) is 0.280. The Bertz CT molecular complexity index is 1520. The molecule has 0 bridgehead atoms. The number of carbonyl (C=O) groups is 3. The van der Waals surface area contributed by atoms with Gasteiger partial charge in [0.25, 0.3) is 11.8 Å². The summed E-state index contributed by atoms with van der Waals surface area (Å²) >= 11 is 0.763. The van der Waals surface area contributed by atoms with Crippen LogP contribution in [0.1, 0.15) is 42.9 Å². The molecular formula is C27H28N6O4S. The second kappa shape index (κ2) is 11.4. The number of pyridine rings is 1. The first kappa shape index (κ1) is 26.7. The Morgan fingerprint density at radius 2 is 1.89 bits per heavy atom. The summed E-state index contributed by atoms with van der Waals surface area (Å²) in [4.78, 5) is 45.5. The molecule has 0 fully saturated rings. The van der Waals surface area contributed by atoms with E-state index in [9.17, 15) is 14.4 Å². The number of aromatic nitrogens is 2. The van der Waals surface area contributed by atoms with Crippen LogP contribution in [0.4, 0.5) is 11.4 Å². The van der Waals surface area contributed by atoms with E-state index in [0.717, 1.165) is 33.6 Å². The van der Waals surface area contributed by atoms with Gasteiger partial charge in [-0.25, -0.2) is 0 Å². The Morgan fingerprint density at radius 3 is 2.58 bits per heavy atom. The summed E-state index contributed by atoms with van der Waals surface area (Å²) in [5.74, 6) is -1.85. The van der Waals surface area contributed by atoms with Crippen LogP contribution in [-0.4, -0.2) is 47.3 Å². The largest absolute Gasteiger partial charge is 0.395 e. The lowest BCUT2D eigenvalue weighted by molar-refractivity contribution is -0.122. The molecule has 0 saturated heterocycles. The highest BCUT2D eigenvalue weighted by atomic mass is 32.1. The van der Waals surface area contributed by atoms with Crippen molar-refractivity contribution in [2.24, 2.45) is 5.73 Å². The molecule has 2 aromatic heterocycles. The van der Waals surface area contributed by atoms with Crippen molar-refractivity contribution in [2.45, 2.75) is 19.9 Å². The van der Waals surface area contributed by atoms with Gasteiger partial charge in [-0.15, -0.1) is 0 Å². The molecule has 10 nitrogen and oxygen atoms in total. The van der Waals surface area contributed by atoms with Crippen LogP contribution in [0.25, 0.3) is 10.9 Å². The van der Waals surface area contributed by atoms with Crippen LogP contribution in [0, 0.1) is 13.8 Å². The zero-order valence-corrected chi connectivity index (χ0v) is 22.0.